The van der Waals surface area contributed by atoms with Gasteiger partial charge in [-0.3, -0.25) is 9.59 Å². The molecule has 23 atom stereocenters. The van der Waals surface area contributed by atoms with Gasteiger partial charge in [-0.25, -0.2) is 9.59 Å². The topological polar surface area (TPSA) is 295 Å². The van der Waals surface area contributed by atoms with Crippen LogP contribution >= 0.6 is 11.6 Å². The average Bonchev–Trinajstić information content (AvgIpc) is 3.58. The number of hydrogen-bond donors (Lipinski definition) is 8. The molecule has 3 aliphatic carbocycles. The number of benzene rings is 1. The summed E-state index contributed by atoms with van der Waals surface area (Å²) in [6, 6.07) is 2.62. The lowest BCUT2D eigenvalue weighted by Crippen LogP contribution is -2.64. The van der Waals surface area contributed by atoms with Crippen LogP contribution in [0.1, 0.15) is 111 Å². The van der Waals surface area contributed by atoms with Crippen LogP contribution in [0.25, 0.3) is 0 Å². The summed E-state index contributed by atoms with van der Waals surface area (Å²) in [5.41, 5.74) is -5.51. The smallest absolute Gasteiger partial charge is 0.379 e. The van der Waals surface area contributed by atoms with E-state index in [0.29, 0.717) is 6.42 Å². The van der Waals surface area contributed by atoms with E-state index in [1.807, 2.05) is 65.0 Å². The van der Waals surface area contributed by atoms with Crippen LogP contribution in [0, 0.1) is 59.2 Å². The molecule has 8 N–H and O–H groups in total. The number of fused-ring (bicyclic) bond motifs is 3. The molecule has 1 unspecified atom stereocenters. The molecule has 2 saturated heterocycles. The zero-order chi connectivity index (χ0) is 56.0. The molecule has 7 aliphatic rings. The number of phenols is 1. The first-order chi connectivity index (χ1) is 35.4. The van der Waals surface area contributed by atoms with Gasteiger partial charge < -0.3 is 74.0 Å². The number of Topliss-reactive ketones (excluding diaryl/α,β-unsaturated/α-hetero) is 1. The molecule has 1 saturated carbocycles. The number of aliphatic hydroxyl groups excluding tert-OH is 6. The minimum absolute atomic E-state index is 0.0538. The first kappa shape index (κ1) is 57.9. The molecule has 4 heterocycles. The van der Waals surface area contributed by atoms with Crippen molar-refractivity contribution in [2.75, 3.05) is 0 Å². The molecule has 0 radical (unpaired) electrons. The van der Waals surface area contributed by atoms with Crippen LogP contribution in [0.2, 0.25) is 5.02 Å². The van der Waals surface area contributed by atoms with Gasteiger partial charge >= 0.3 is 17.9 Å². The van der Waals surface area contributed by atoms with E-state index in [9.17, 15) is 55.2 Å². The van der Waals surface area contributed by atoms with Crippen LogP contribution in [0.15, 0.2) is 59.6 Å². The third-order valence-electron chi connectivity index (χ3n) is 18.4. The summed E-state index contributed by atoms with van der Waals surface area (Å²) in [5, 5.41) is 90.8. The van der Waals surface area contributed by atoms with Crippen molar-refractivity contribution in [2.45, 2.75) is 187 Å². The lowest BCUT2D eigenvalue weighted by Gasteiger charge is -2.56. The van der Waals surface area contributed by atoms with E-state index in [2.05, 4.69) is 0 Å². The van der Waals surface area contributed by atoms with Gasteiger partial charge in [-0.15, -0.1) is 0 Å². The van der Waals surface area contributed by atoms with Crippen LogP contribution in [0.5, 0.6) is 5.75 Å². The molecule has 76 heavy (non-hydrogen) atoms. The molecule has 1 spiro atoms. The average molecular weight is 1090 g/mol. The number of aromatic hydroxyl groups is 1. The summed E-state index contributed by atoms with van der Waals surface area (Å²) < 4.78 is 42.8. The van der Waals surface area contributed by atoms with Gasteiger partial charge in [-0.2, -0.15) is 0 Å². The summed E-state index contributed by atoms with van der Waals surface area (Å²) in [4.78, 5) is 55.0. The molecular formula is C56H75ClO19. The largest absolute Gasteiger partial charge is 0.507 e. The molecule has 420 valence electrons. The fourth-order valence-electron chi connectivity index (χ4n) is 13.6. The second-order valence-electron chi connectivity index (χ2n) is 23.4. The van der Waals surface area contributed by atoms with Crippen molar-refractivity contribution in [1.29, 1.82) is 0 Å². The number of allylic oxidation sites excluding steroid dienone is 4. The van der Waals surface area contributed by atoms with E-state index in [-0.39, 0.29) is 53.2 Å². The van der Waals surface area contributed by atoms with E-state index in [4.69, 9.17) is 44.8 Å². The third-order valence-corrected chi connectivity index (χ3v) is 18.8. The number of rotatable bonds is 10. The molecule has 8 rings (SSSR count). The Kier molecular flexibility index (Phi) is 16.1. The zero-order valence-electron chi connectivity index (χ0n) is 44.8. The highest BCUT2D eigenvalue weighted by molar-refractivity contribution is 6.32. The molecule has 4 aliphatic heterocycles. The maximum absolute atomic E-state index is 15.3. The Labute approximate surface area is 447 Å². The minimum atomic E-state index is -2.06. The molecular weight excluding hydrogens is 1010 g/mol. The van der Waals surface area contributed by atoms with Crippen molar-refractivity contribution >= 4 is 35.3 Å². The summed E-state index contributed by atoms with van der Waals surface area (Å²) in [5.74, 6) is -7.96. The van der Waals surface area contributed by atoms with Crippen molar-refractivity contribution in [3.63, 3.8) is 0 Å². The van der Waals surface area contributed by atoms with Gasteiger partial charge in [-0.1, -0.05) is 75.2 Å². The van der Waals surface area contributed by atoms with Gasteiger partial charge in [0.25, 0.3) is 5.76 Å². The summed E-state index contributed by atoms with van der Waals surface area (Å²) in [6.45, 7) is 18.4. The number of hydrogen-bond acceptors (Lipinski definition) is 19. The Hall–Kier alpha value is -4.25. The van der Waals surface area contributed by atoms with Crippen molar-refractivity contribution in [3.8, 4) is 5.75 Å². The summed E-state index contributed by atoms with van der Waals surface area (Å²) in [7, 11) is 0. The Morgan fingerprint density at radius 1 is 0.868 bits per heavy atom. The Bertz CT molecular complexity index is 2580. The number of carbonyl (C=O) groups excluding carboxylic acids is 4. The molecule has 3 fully saturated rings. The quantitative estimate of drug-likeness (QED) is 0.0873. The van der Waals surface area contributed by atoms with Crippen molar-refractivity contribution in [2.24, 2.45) is 52.3 Å². The van der Waals surface area contributed by atoms with Gasteiger partial charge in [-0.05, 0) is 121 Å². The van der Waals surface area contributed by atoms with Gasteiger partial charge in [0.05, 0.1) is 29.8 Å². The predicted molar refractivity (Wildman–Crippen MR) is 270 cm³/mol. The van der Waals surface area contributed by atoms with Gasteiger partial charge in [0.2, 0.25) is 0 Å². The van der Waals surface area contributed by atoms with E-state index in [1.54, 1.807) is 6.92 Å². The Morgan fingerprint density at radius 2 is 1.51 bits per heavy atom. The number of halogens is 1. The fourth-order valence-corrected chi connectivity index (χ4v) is 13.8. The van der Waals surface area contributed by atoms with Gasteiger partial charge in [0, 0.05) is 22.8 Å². The Morgan fingerprint density at radius 3 is 2.18 bits per heavy atom. The monoisotopic (exact) mass is 1090 g/mol. The molecule has 0 amide bonds. The second kappa shape index (κ2) is 21.1. The fraction of sp³-hybridized carbons (Fsp3) is 0.679. The standard InChI is InChI=1S/C56H75ClO19/c1-23-13-12-18-53(9)21-26(4)31(20-36(60)55(11,69)30(8)58)22-56(53)47(65)46(49(67)76-56)75-52(68)54(10)33(23)15-14-32-38(54)24(2)19-25(3)43(32)73-51-42(64)45(39(61)28(6)70-51)74-50-41(63)40(62)44(29(7)71-50)72-48(66)37-27(5)34(57)16-17-35(37)59/h12-17,21,23-25,28-29,31-33,36,38-45,50-51,59-65,69H,18-20,22H2,1-11H3/t23-,24+,25-,28-,29-,31-,32+,33?,36+,38-,39-,40-,41-,42-,43+,44-,45+,50+,51+,53-,54-,55+,56-/m1/s1. The van der Waals surface area contributed by atoms with Crippen LogP contribution in [-0.2, 0) is 47.5 Å². The highest BCUT2D eigenvalue weighted by Crippen LogP contribution is 2.60. The minimum Gasteiger partial charge on any atom is -0.507 e. The number of esters is 3. The van der Waals surface area contributed by atoms with E-state index in [0.717, 1.165) is 5.57 Å². The second-order valence-corrected chi connectivity index (χ2v) is 23.9. The number of carbonyl (C=O) groups is 4. The SMILES string of the molecule is CC(=O)[C@](C)(O)[C@@H](O)C[C@@H]1C[C@@]23OC(=O)C(=C2O)OC(=O)[C@]2(C)C(C=C[C@@H]4[C@@H](O[C@@H]5O[C@H](C)[C@@H](O)[C@H](O[C@@H]6O[C@H](C)[C@@H](OC(=O)c7c(O)ccc(Cl)c7C)[C@H](O)[C@H]6O)[C@H]5O)[C@H](C)C[C@H](C)[C@H]42)[C@H](C)C=CC[C@]3(C)C=C1C. The van der Waals surface area contributed by atoms with Crippen molar-refractivity contribution in [3.05, 3.63) is 75.8 Å². The third kappa shape index (κ3) is 9.66. The van der Waals surface area contributed by atoms with E-state index < -0.39 is 160 Å². The molecule has 1 aromatic rings. The Balaban J connectivity index is 1.04. The normalized spacial score (nSPS) is 43.6. The lowest BCUT2D eigenvalue weighted by molar-refractivity contribution is -0.361. The first-order valence-corrected chi connectivity index (χ1v) is 26.7. The highest BCUT2D eigenvalue weighted by atomic mass is 35.5. The maximum atomic E-state index is 15.3. The van der Waals surface area contributed by atoms with Crippen LogP contribution < -0.4 is 0 Å². The van der Waals surface area contributed by atoms with Crippen LogP contribution in [-0.4, -0.2) is 149 Å². The summed E-state index contributed by atoms with van der Waals surface area (Å²) in [6.07, 6.45) is -6.96. The molecule has 19 nitrogen and oxygen atoms in total. The molecule has 20 heteroatoms. The number of ketones is 1. The van der Waals surface area contributed by atoms with E-state index in [1.165, 1.54) is 46.8 Å². The highest BCUT2D eigenvalue weighted by Gasteiger charge is 2.65. The number of aliphatic hydroxyl groups is 7. The first-order valence-electron chi connectivity index (χ1n) is 26.3. The summed E-state index contributed by atoms with van der Waals surface area (Å²) >= 11 is 6.17. The van der Waals surface area contributed by atoms with E-state index >= 15 is 4.79 Å². The number of ether oxygens (including phenoxy) is 7. The number of phenolic OH excluding ortho intramolecular Hbond substituents is 1. The van der Waals surface area contributed by atoms with Crippen molar-refractivity contribution < 1.29 is 93.2 Å². The van der Waals surface area contributed by atoms with Gasteiger partial charge in [0.1, 0.15) is 47.4 Å². The zero-order valence-corrected chi connectivity index (χ0v) is 45.5. The maximum Gasteiger partial charge on any atom is 0.379 e. The van der Waals surface area contributed by atoms with Crippen LogP contribution in [0.3, 0.4) is 0 Å². The predicted octanol–water partition coefficient (Wildman–Crippen LogP) is 4.95. The molecule has 0 aromatic heterocycles. The van der Waals surface area contributed by atoms with Crippen molar-refractivity contribution in [1.82, 2.24) is 0 Å². The molecule has 1 aromatic carbocycles. The van der Waals surface area contributed by atoms with Gasteiger partial charge in [0.15, 0.2) is 35.8 Å². The van der Waals surface area contributed by atoms with Crippen LogP contribution in [0.4, 0.5) is 0 Å². The molecule has 2 bridgehead atoms. The lowest BCUT2D eigenvalue weighted by atomic mass is 9.49.